The Balaban J connectivity index is 1.41. The second-order valence-corrected chi connectivity index (χ2v) is 9.35. The van der Waals surface area contributed by atoms with E-state index in [4.69, 9.17) is 14.6 Å². The highest BCUT2D eigenvalue weighted by Gasteiger charge is 2.49. The van der Waals surface area contributed by atoms with E-state index in [1.807, 2.05) is 60.7 Å². The summed E-state index contributed by atoms with van der Waals surface area (Å²) in [5.74, 6) is 0.579. The third kappa shape index (κ3) is 4.10. The van der Waals surface area contributed by atoms with Crippen LogP contribution in [0.4, 0.5) is 5.69 Å². The molecule has 8 nitrogen and oxygen atoms in total. The molecule has 3 heterocycles. The lowest BCUT2D eigenvalue weighted by Gasteiger charge is -2.43. The maximum Gasteiger partial charge on any atom is 0.277 e. The highest BCUT2D eigenvalue weighted by molar-refractivity contribution is 6.12. The van der Waals surface area contributed by atoms with Crippen molar-refractivity contribution in [2.24, 2.45) is 0 Å². The Bertz CT molecular complexity index is 1470. The normalized spacial score (nSPS) is 18.3. The maximum atomic E-state index is 14.0. The van der Waals surface area contributed by atoms with E-state index in [0.717, 1.165) is 11.1 Å². The fourth-order valence-electron chi connectivity index (χ4n) is 4.88. The lowest BCUT2D eigenvalue weighted by molar-refractivity contribution is -0.126. The van der Waals surface area contributed by atoms with Crippen molar-refractivity contribution in [2.75, 3.05) is 18.1 Å². The Morgan fingerprint density at radius 2 is 1.65 bits per heavy atom. The molecule has 4 aromatic rings. The highest BCUT2D eigenvalue weighted by atomic mass is 16.6. The number of aromatic nitrogens is 2. The number of hydrogen-bond donors (Lipinski definition) is 1. The van der Waals surface area contributed by atoms with Gasteiger partial charge in [-0.25, -0.2) is 0 Å². The second kappa shape index (κ2) is 9.13. The Hall–Kier alpha value is -4.59. The largest absolute Gasteiger partial charge is 0.486 e. The summed E-state index contributed by atoms with van der Waals surface area (Å²) in [6.07, 6.45) is 0. The summed E-state index contributed by atoms with van der Waals surface area (Å²) in [6.45, 7) is 3.20. The van der Waals surface area contributed by atoms with Gasteiger partial charge in [0.2, 0.25) is 5.91 Å². The number of fused-ring (bicyclic) bond motifs is 2. The van der Waals surface area contributed by atoms with Crippen molar-refractivity contribution in [2.45, 2.75) is 25.6 Å². The highest BCUT2D eigenvalue weighted by Crippen LogP contribution is 2.39. The van der Waals surface area contributed by atoms with Gasteiger partial charge in [-0.1, -0.05) is 60.7 Å². The summed E-state index contributed by atoms with van der Waals surface area (Å²) >= 11 is 0. The number of ether oxygens (including phenoxy) is 2. The molecule has 1 N–H and O–H groups in total. The van der Waals surface area contributed by atoms with Crippen molar-refractivity contribution in [1.82, 2.24) is 15.1 Å². The molecule has 37 heavy (non-hydrogen) atoms. The molecule has 8 heteroatoms. The molecular weight excluding hydrogens is 468 g/mol. The lowest BCUT2D eigenvalue weighted by atomic mass is 9.93. The summed E-state index contributed by atoms with van der Waals surface area (Å²) in [7, 11) is 0. The van der Waals surface area contributed by atoms with Crippen molar-refractivity contribution in [3.8, 4) is 22.8 Å². The van der Waals surface area contributed by atoms with E-state index in [9.17, 15) is 9.59 Å². The quantitative estimate of drug-likeness (QED) is 0.452. The van der Waals surface area contributed by atoms with Gasteiger partial charge in [0, 0.05) is 23.9 Å². The second-order valence-electron chi connectivity index (χ2n) is 9.35. The van der Waals surface area contributed by atoms with Gasteiger partial charge in [-0.15, -0.1) is 0 Å². The van der Waals surface area contributed by atoms with Gasteiger partial charge in [0.05, 0.1) is 12.2 Å². The van der Waals surface area contributed by atoms with Gasteiger partial charge < -0.3 is 14.8 Å². The van der Waals surface area contributed by atoms with Gasteiger partial charge >= 0.3 is 0 Å². The molecule has 1 aromatic heterocycles. The molecule has 3 aromatic carbocycles. The number of carbonyl (C=O) groups is 2. The number of benzene rings is 3. The van der Waals surface area contributed by atoms with Crippen LogP contribution < -0.4 is 19.7 Å². The average molecular weight is 495 g/mol. The standard InChI is InChI=1S/C29H26N4O4/c1-29(28(35)30-18-20-8-4-2-5-9-20)19-32-24(17-23(31-32)21-10-6-3-7-11-21)27(34)33(29)22-12-13-25-26(16-22)37-15-14-36-25/h2-13,16-17H,14-15,18-19H2,1H3,(H,30,35)/t29-/m0/s1. The summed E-state index contributed by atoms with van der Waals surface area (Å²) < 4.78 is 13.1. The monoisotopic (exact) mass is 494 g/mol. The molecule has 0 fully saturated rings. The Kier molecular flexibility index (Phi) is 5.64. The molecule has 2 aliphatic heterocycles. The van der Waals surface area contributed by atoms with Crippen molar-refractivity contribution in [3.05, 3.63) is 96.2 Å². The third-order valence-corrected chi connectivity index (χ3v) is 6.79. The van der Waals surface area contributed by atoms with Crippen molar-refractivity contribution < 1.29 is 19.1 Å². The van der Waals surface area contributed by atoms with Crippen LogP contribution in [-0.4, -0.2) is 40.3 Å². The summed E-state index contributed by atoms with van der Waals surface area (Å²) in [5, 5.41) is 7.74. The summed E-state index contributed by atoms with van der Waals surface area (Å²) in [5.41, 5.74) is 2.28. The van der Waals surface area contributed by atoms with Crippen LogP contribution in [-0.2, 0) is 17.9 Å². The summed E-state index contributed by atoms with van der Waals surface area (Å²) in [4.78, 5) is 29.4. The van der Waals surface area contributed by atoms with Crippen molar-refractivity contribution in [1.29, 1.82) is 0 Å². The molecule has 0 radical (unpaired) electrons. The molecule has 0 saturated heterocycles. The predicted molar refractivity (Wildman–Crippen MR) is 139 cm³/mol. The van der Waals surface area contributed by atoms with Crippen LogP contribution in [0.25, 0.3) is 11.3 Å². The average Bonchev–Trinajstić information content (AvgIpc) is 3.37. The molecule has 0 bridgehead atoms. The molecular formula is C29H26N4O4. The molecule has 2 aliphatic rings. The first-order valence-corrected chi connectivity index (χ1v) is 12.2. The maximum absolute atomic E-state index is 14.0. The van der Waals surface area contributed by atoms with E-state index in [1.54, 1.807) is 40.8 Å². The number of amides is 2. The zero-order chi connectivity index (χ0) is 25.4. The number of nitrogens with zero attached hydrogens (tertiary/aromatic N) is 3. The van der Waals surface area contributed by atoms with Crippen LogP contribution in [0.3, 0.4) is 0 Å². The molecule has 0 spiro atoms. The van der Waals surface area contributed by atoms with E-state index in [1.165, 1.54) is 0 Å². The molecule has 0 saturated carbocycles. The SMILES string of the molecule is C[C@@]1(C(=O)NCc2ccccc2)Cn2nc(-c3ccccc3)cc2C(=O)N1c1ccc2c(c1)OCCO2. The Morgan fingerprint density at radius 3 is 2.41 bits per heavy atom. The van der Waals surface area contributed by atoms with Gasteiger partial charge in [-0.05, 0) is 30.7 Å². The van der Waals surface area contributed by atoms with Gasteiger partial charge in [-0.3, -0.25) is 19.2 Å². The van der Waals surface area contributed by atoms with Crippen molar-refractivity contribution in [3.63, 3.8) is 0 Å². The first-order chi connectivity index (χ1) is 18.0. The van der Waals surface area contributed by atoms with Gasteiger partial charge in [0.1, 0.15) is 24.4 Å². The molecule has 6 rings (SSSR count). The molecule has 0 unspecified atom stereocenters. The fraction of sp³-hybridized carbons (Fsp3) is 0.207. The first-order valence-electron chi connectivity index (χ1n) is 12.2. The van der Waals surface area contributed by atoms with E-state index in [2.05, 4.69) is 5.32 Å². The van der Waals surface area contributed by atoms with Gasteiger partial charge in [0.25, 0.3) is 5.91 Å². The number of carbonyl (C=O) groups excluding carboxylic acids is 2. The van der Waals surface area contributed by atoms with Crippen LogP contribution in [0, 0.1) is 0 Å². The van der Waals surface area contributed by atoms with Crippen LogP contribution in [0.1, 0.15) is 23.0 Å². The molecule has 186 valence electrons. The van der Waals surface area contributed by atoms with Crippen LogP contribution in [0.5, 0.6) is 11.5 Å². The topological polar surface area (TPSA) is 85.7 Å². The molecule has 2 amide bonds. The Morgan fingerprint density at radius 1 is 0.946 bits per heavy atom. The third-order valence-electron chi connectivity index (χ3n) is 6.79. The number of rotatable bonds is 5. The van der Waals surface area contributed by atoms with Crippen LogP contribution in [0.15, 0.2) is 84.9 Å². The number of hydrogen-bond acceptors (Lipinski definition) is 5. The van der Waals surface area contributed by atoms with E-state index in [-0.39, 0.29) is 18.4 Å². The minimum atomic E-state index is -1.25. The minimum absolute atomic E-state index is 0.190. The van der Waals surface area contributed by atoms with E-state index < -0.39 is 5.54 Å². The lowest BCUT2D eigenvalue weighted by Crippen LogP contribution is -2.64. The Labute approximate surface area is 214 Å². The fourth-order valence-corrected chi connectivity index (χ4v) is 4.88. The zero-order valence-corrected chi connectivity index (χ0v) is 20.4. The minimum Gasteiger partial charge on any atom is -0.486 e. The van der Waals surface area contributed by atoms with Crippen LogP contribution >= 0.6 is 0 Å². The van der Waals surface area contributed by atoms with Crippen molar-refractivity contribution >= 4 is 17.5 Å². The smallest absolute Gasteiger partial charge is 0.277 e. The van der Waals surface area contributed by atoms with E-state index >= 15 is 0 Å². The first kappa shape index (κ1) is 22.8. The number of anilines is 1. The van der Waals surface area contributed by atoms with E-state index in [0.29, 0.717) is 48.3 Å². The zero-order valence-electron chi connectivity index (χ0n) is 20.4. The van der Waals surface area contributed by atoms with Gasteiger partial charge in [-0.2, -0.15) is 5.10 Å². The predicted octanol–water partition coefficient (Wildman–Crippen LogP) is 4.06. The van der Waals surface area contributed by atoms with Crippen LogP contribution in [0.2, 0.25) is 0 Å². The number of nitrogens with one attached hydrogen (secondary N) is 1. The van der Waals surface area contributed by atoms with Gasteiger partial charge in [0.15, 0.2) is 11.5 Å². The summed E-state index contributed by atoms with van der Waals surface area (Å²) in [6, 6.07) is 26.5. The molecule has 1 atom stereocenters. The molecule has 0 aliphatic carbocycles.